The van der Waals surface area contributed by atoms with Gasteiger partial charge in [-0.25, -0.2) is 0 Å². The molecule has 4 heteroatoms. The lowest BCUT2D eigenvalue weighted by atomic mass is 10.2. The van der Waals surface area contributed by atoms with E-state index in [4.69, 9.17) is 0 Å². The van der Waals surface area contributed by atoms with Crippen LogP contribution in [0.1, 0.15) is 24.3 Å². The molecule has 0 saturated carbocycles. The molecule has 0 aromatic carbocycles. The summed E-state index contributed by atoms with van der Waals surface area (Å²) in [7, 11) is 0. The van der Waals surface area contributed by atoms with Crippen molar-refractivity contribution in [1.82, 2.24) is 9.78 Å². The molecule has 0 aliphatic carbocycles. The molecule has 0 spiro atoms. The van der Waals surface area contributed by atoms with Crippen molar-refractivity contribution in [2.45, 2.75) is 24.5 Å². The first-order valence-corrected chi connectivity index (χ1v) is 4.95. The fourth-order valence-corrected chi connectivity index (χ4v) is 1.68. The third-order valence-electron chi connectivity index (χ3n) is 1.70. The molecule has 1 atom stereocenters. The van der Waals surface area contributed by atoms with Gasteiger partial charge in [-0.2, -0.15) is 5.10 Å². The van der Waals surface area contributed by atoms with E-state index in [1.807, 2.05) is 11.6 Å². The van der Waals surface area contributed by atoms with E-state index in [-0.39, 0.29) is 0 Å². The Balaban J connectivity index is 3.00. The molecule has 1 heterocycles. The predicted molar refractivity (Wildman–Crippen MR) is 51.6 cm³/mol. The average Bonchev–Trinajstić information content (AvgIpc) is 2.30. The highest BCUT2D eigenvalue weighted by Crippen LogP contribution is 2.16. The number of nitrogens with zero attached hydrogens (tertiary/aromatic N) is 2. The van der Waals surface area contributed by atoms with Crippen molar-refractivity contribution in [3.8, 4) is 0 Å². The lowest BCUT2D eigenvalue weighted by Crippen LogP contribution is -1.98. The molecular formula is C7H11IN2O. The molecule has 0 amide bonds. The second-order valence-corrected chi connectivity index (χ2v) is 3.16. The first kappa shape index (κ1) is 8.99. The average molecular weight is 266 g/mol. The van der Waals surface area contributed by atoms with E-state index in [9.17, 15) is 5.11 Å². The zero-order valence-electron chi connectivity index (χ0n) is 6.58. The highest BCUT2D eigenvalue weighted by Gasteiger charge is 2.09. The molecule has 1 aromatic rings. The van der Waals surface area contributed by atoms with E-state index in [2.05, 4.69) is 27.7 Å². The van der Waals surface area contributed by atoms with E-state index in [0.717, 1.165) is 15.8 Å². The van der Waals surface area contributed by atoms with Crippen LogP contribution >= 0.6 is 22.6 Å². The molecule has 1 N–H and O–H groups in total. The van der Waals surface area contributed by atoms with E-state index < -0.39 is 6.10 Å². The number of rotatable bonds is 2. The Hall–Kier alpha value is -0.100. The second kappa shape index (κ2) is 3.53. The van der Waals surface area contributed by atoms with E-state index in [1.165, 1.54) is 0 Å². The van der Waals surface area contributed by atoms with E-state index in [0.29, 0.717) is 0 Å². The Morgan fingerprint density at radius 2 is 2.45 bits per heavy atom. The third-order valence-corrected chi connectivity index (χ3v) is 2.35. The van der Waals surface area contributed by atoms with Crippen LogP contribution in [-0.2, 0) is 4.55 Å². The molecule has 11 heavy (non-hydrogen) atoms. The standard InChI is InChI=1S/C7H11IN2O/c1-5-7(6(2)11)3-9-10(5)4-8/h3,6,11H,4H2,1-2H3. The van der Waals surface area contributed by atoms with Gasteiger partial charge < -0.3 is 5.11 Å². The Morgan fingerprint density at radius 3 is 2.73 bits per heavy atom. The minimum Gasteiger partial charge on any atom is -0.389 e. The molecule has 62 valence electrons. The molecular weight excluding hydrogens is 255 g/mol. The van der Waals surface area contributed by atoms with Gasteiger partial charge in [0.05, 0.1) is 16.9 Å². The third kappa shape index (κ3) is 1.73. The van der Waals surface area contributed by atoms with Crippen molar-refractivity contribution in [2.24, 2.45) is 0 Å². The van der Waals surface area contributed by atoms with Crippen molar-refractivity contribution in [3.05, 3.63) is 17.5 Å². The molecule has 1 unspecified atom stereocenters. The maximum absolute atomic E-state index is 9.26. The molecule has 0 aliphatic rings. The normalized spacial score (nSPS) is 13.5. The van der Waals surface area contributed by atoms with Crippen molar-refractivity contribution in [1.29, 1.82) is 0 Å². The number of aliphatic hydroxyl groups is 1. The molecule has 1 aromatic heterocycles. The van der Waals surface area contributed by atoms with Crippen LogP contribution in [0.5, 0.6) is 0 Å². The summed E-state index contributed by atoms with van der Waals surface area (Å²) >= 11 is 2.23. The van der Waals surface area contributed by atoms with Gasteiger partial charge in [0.25, 0.3) is 0 Å². The molecule has 0 radical (unpaired) electrons. The summed E-state index contributed by atoms with van der Waals surface area (Å²) in [5.41, 5.74) is 1.97. The van der Waals surface area contributed by atoms with Crippen LogP contribution < -0.4 is 0 Å². The van der Waals surface area contributed by atoms with Gasteiger partial charge >= 0.3 is 0 Å². The van der Waals surface area contributed by atoms with E-state index >= 15 is 0 Å². The van der Waals surface area contributed by atoms with Crippen molar-refractivity contribution >= 4 is 22.6 Å². The fraction of sp³-hybridized carbons (Fsp3) is 0.571. The van der Waals surface area contributed by atoms with Gasteiger partial charge in [0.2, 0.25) is 0 Å². The van der Waals surface area contributed by atoms with Gasteiger partial charge in [-0.15, -0.1) is 0 Å². The van der Waals surface area contributed by atoms with Crippen LogP contribution in [0.3, 0.4) is 0 Å². The Morgan fingerprint density at radius 1 is 1.82 bits per heavy atom. The molecule has 1 rings (SSSR count). The van der Waals surface area contributed by atoms with Gasteiger partial charge in [-0.3, -0.25) is 4.68 Å². The van der Waals surface area contributed by atoms with Crippen LogP contribution in [0, 0.1) is 6.92 Å². The fourth-order valence-electron chi connectivity index (χ4n) is 0.992. The van der Waals surface area contributed by atoms with E-state index in [1.54, 1.807) is 13.1 Å². The number of hydrogen-bond acceptors (Lipinski definition) is 2. The smallest absolute Gasteiger partial charge is 0.0926 e. The maximum atomic E-state index is 9.26. The zero-order valence-corrected chi connectivity index (χ0v) is 8.74. The minimum atomic E-state index is -0.410. The molecule has 0 aliphatic heterocycles. The number of alkyl halides is 1. The lowest BCUT2D eigenvalue weighted by Gasteiger charge is -2.02. The highest BCUT2D eigenvalue weighted by molar-refractivity contribution is 14.1. The first-order chi connectivity index (χ1) is 5.16. The van der Waals surface area contributed by atoms with Crippen LogP contribution in [0.25, 0.3) is 0 Å². The van der Waals surface area contributed by atoms with Crippen LogP contribution in [0.15, 0.2) is 6.20 Å². The maximum Gasteiger partial charge on any atom is 0.0926 e. The monoisotopic (exact) mass is 266 g/mol. The lowest BCUT2D eigenvalue weighted by molar-refractivity contribution is 0.198. The van der Waals surface area contributed by atoms with Crippen molar-refractivity contribution in [3.63, 3.8) is 0 Å². The van der Waals surface area contributed by atoms with Crippen molar-refractivity contribution < 1.29 is 5.11 Å². The molecule has 0 bridgehead atoms. The molecule has 0 fully saturated rings. The quantitative estimate of drug-likeness (QED) is 0.652. The summed E-state index contributed by atoms with van der Waals surface area (Å²) in [4.78, 5) is 0. The molecule has 3 nitrogen and oxygen atoms in total. The van der Waals surface area contributed by atoms with Crippen molar-refractivity contribution in [2.75, 3.05) is 0 Å². The SMILES string of the molecule is Cc1c(C(C)O)cnn1CI. The van der Waals surface area contributed by atoms with Gasteiger partial charge in [0, 0.05) is 11.3 Å². The van der Waals surface area contributed by atoms with Crippen LogP contribution in [0.2, 0.25) is 0 Å². The number of aliphatic hydroxyl groups excluding tert-OH is 1. The minimum absolute atomic E-state index is 0.410. The summed E-state index contributed by atoms with van der Waals surface area (Å²) in [6.45, 7) is 3.72. The Bertz CT molecular complexity index is 245. The van der Waals surface area contributed by atoms with Crippen LogP contribution in [0.4, 0.5) is 0 Å². The van der Waals surface area contributed by atoms with Crippen LogP contribution in [-0.4, -0.2) is 14.9 Å². The zero-order chi connectivity index (χ0) is 8.43. The Labute approximate surface area is 79.6 Å². The summed E-state index contributed by atoms with van der Waals surface area (Å²) in [6.07, 6.45) is 1.31. The second-order valence-electron chi connectivity index (χ2n) is 2.48. The highest BCUT2D eigenvalue weighted by atomic mass is 127. The molecule has 0 saturated heterocycles. The summed E-state index contributed by atoms with van der Waals surface area (Å²) < 4.78 is 2.69. The summed E-state index contributed by atoms with van der Waals surface area (Å²) in [5, 5.41) is 13.4. The van der Waals surface area contributed by atoms with Gasteiger partial charge in [0.15, 0.2) is 0 Å². The topological polar surface area (TPSA) is 38.1 Å². The number of hydrogen-bond donors (Lipinski definition) is 1. The van der Waals surface area contributed by atoms with Gasteiger partial charge in [-0.05, 0) is 13.8 Å². The largest absolute Gasteiger partial charge is 0.389 e. The van der Waals surface area contributed by atoms with Gasteiger partial charge in [-0.1, -0.05) is 22.6 Å². The first-order valence-electron chi connectivity index (χ1n) is 3.43. The summed E-state index contributed by atoms with van der Waals surface area (Å²) in [6, 6.07) is 0. The number of halogens is 1. The predicted octanol–water partition coefficient (Wildman–Crippen LogP) is 1.64. The van der Waals surface area contributed by atoms with Gasteiger partial charge in [0.1, 0.15) is 0 Å². The number of aromatic nitrogens is 2. The Kier molecular flexibility index (Phi) is 2.89. The summed E-state index contributed by atoms with van der Waals surface area (Å²) in [5.74, 6) is 0.